The van der Waals surface area contributed by atoms with E-state index in [0.29, 0.717) is 36.2 Å². The maximum atomic E-state index is 13.6. The molecule has 1 aromatic heterocycles. The van der Waals surface area contributed by atoms with Gasteiger partial charge in [0.15, 0.2) is 5.13 Å². The fourth-order valence-corrected chi connectivity index (χ4v) is 7.41. The molecule has 0 bridgehead atoms. The summed E-state index contributed by atoms with van der Waals surface area (Å²) in [5.74, 6) is 0.168. The van der Waals surface area contributed by atoms with E-state index in [9.17, 15) is 13.2 Å². The van der Waals surface area contributed by atoms with Crippen molar-refractivity contribution < 1.29 is 13.2 Å². The van der Waals surface area contributed by atoms with E-state index in [1.165, 1.54) is 11.3 Å². The van der Waals surface area contributed by atoms with Gasteiger partial charge < -0.3 is 4.90 Å². The highest BCUT2D eigenvalue weighted by atomic mass is 79.9. The van der Waals surface area contributed by atoms with Crippen LogP contribution < -0.4 is 4.90 Å². The van der Waals surface area contributed by atoms with Gasteiger partial charge in [-0.2, -0.15) is 4.31 Å². The number of halogens is 1. The summed E-state index contributed by atoms with van der Waals surface area (Å²) in [6.45, 7) is 4.52. The number of nitrogens with zero attached hydrogens (tertiary/aromatic N) is 4. The second kappa shape index (κ2) is 11.0. The summed E-state index contributed by atoms with van der Waals surface area (Å²) >= 11 is 4.97. The van der Waals surface area contributed by atoms with Gasteiger partial charge in [0.25, 0.3) is 5.91 Å². The number of sulfonamides is 1. The van der Waals surface area contributed by atoms with Crippen molar-refractivity contribution in [3.63, 3.8) is 0 Å². The van der Waals surface area contributed by atoms with Crippen molar-refractivity contribution in [1.82, 2.24) is 14.2 Å². The number of hydrogen-bond donors (Lipinski definition) is 0. The highest BCUT2D eigenvalue weighted by Crippen LogP contribution is 2.32. The Kier molecular flexibility index (Phi) is 8.27. The molecule has 0 N–H and O–H groups in total. The largest absolute Gasteiger partial charge is 0.309 e. The first kappa shape index (κ1) is 26.2. The molecule has 0 saturated carbocycles. The molecule has 1 saturated heterocycles. The van der Waals surface area contributed by atoms with Crippen molar-refractivity contribution in [1.29, 1.82) is 0 Å². The third-order valence-corrected chi connectivity index (χ3v) is 9.57. The Hall–Kier alpha value is -1.85. The molecule has 10 heteroatoms. The summed E-state index contributed by atoms with van der Waals surface area (Å²) in [5, 5.41) is 0.640. The molecule has 0 aliphatic carbocycles. The van der Waals surface area contributed by atoms with Gasteiger partial charge in [-0.25, -0.2) is 13.4 Å². The van der Waals surface area contributed by atoms with Crippen LogP contribution in [0.25, 0.3) is 10.2 Å². The lowest BCUT2D eigenvalue weighted by molar-refractivity contribution is 0.0986. The lowest BCUT2D eigenvalue weighted by atomic mass is 10.0. The van der Waals surface area contributed by atoms with Gasteiger partial charge in [-0.1, -0.05) is 34.2 Å². The summed E-state index contributed by atoms with van der Waals surface area (Å²) < 4.78 is 29.8. The molecule has 1 unspecified atom stereocenters. The molecule has 188 valence electrons. The molecule has 1 amide bonds. The van der Waals surface area contributed by atoms with Crippen molar-refractivity contribution in [3.8, 4) is 0 Å². The Morgan fingerprint density at radius 1 is 1.17 bits per heavy atom. The Bertz CT molecular complexity index is 1290. The Morgan fingerprint density at radius 2 is 1.91 bits per heavy atom. The maximum absolute atomic E-state index is 13.6. The fraction of sp³-hybridized carbons (Fsp3) is 0.440. The molecule has 0 spiro atoms. The molecule has 3 aromatic rings. The molecule has 7 nitrogen and oxygen atoms in total. The molecule has 1 atom stereocenters. The first-order valence-corrected chi connectivity index (χ1v) is 14.8. The second-order valence-corrected chi connectivity index (χ2v) is 13.2. The van der Waals surface area contributed by atoms with E-state index < -0.39 is 10.0 Å². The van der Waals surface area contributed by atoms with Crippen molar-refractivity contribution in [2.45, 2.75) is 31.1 Å². The molecule has 2 heterocycles. The van der Waals surface area contributed by atoms with Crippen LogP contribution in [0, 0.1) is 5.92 Å². The highest BCUT2D eigenvalue weighted by molar-refractivity contribution is 9.10. The quantitative estimate of drug-likeness (QED) is 0.372. The van der Waals surface area contributed by atoms with E-state index >= 15 is 0 Å². The summed E-state index contributed by atoms with van der Waals surface area (Å²) in [6.07, 6.45) is 2.71. The van der Waals surface area contributed by atoms with Crippen LogP contribution >= 0.6 is 27.3 Å². The second-order valence-electron chi connectivity index (χ2n) is 9.36. The van der Waals surface area contributed by atoms with Crippen LogP contribution in [-0.4, -0.2) is 68.8 Å². The molecule has 1 aliphatic heterocycles. The first-order chi connectivity index (χ1) is 16.6. The van der Waals surface area contributed by atoms with Crippen molar-refractivity contribution in [2.75, 3.05) is 45.2 Å². The molecule has 1 aliphatic rings. The number of benzene rings is 2. The molecule has 1 fully saturated rings. The van der Waals surface area contributed by atoms with Gasteiger partial charge in [-0.05, 0) is 88.3 Å². The van der Waals surface area contributed by atoms with Crippen molar-refractivity contribution in [2.24, 2.45) is 5.92 Å². The lowest BCUT2D eigenvalue weighted by Crippen LogP contribution is -2.39. The zero-order valence-electron chi connectivity index (χ0n) is 20.3. The third-order valence-electron chi connectivity index (χ3n) is 6.16. The van der Waals surface area contributed by atoms with Gasteiger partial charge in [0.1, 0.15) is 0 Å². The number of carbonyl (C=O) groups is 1. The number of thiazole rings is 1. The van der Waals surface area contributed by atoms with Gasteiger partial charge >= 0.3 is 0 Å². The first-order valence-electron chi connectivity index (χ1n) is 11.8. The summed E-state index contributed by atoms with van der Waals surface area (Å²) in [5.41, 5.74) is 1.29. The van der Waals surface area contributed by atoms with Gasteiger partial charge in [0.05, 0.1) is 15.1 Å². The smallest absolute Gasteiger partial charge is 0.260 e. The van der Waals surface area contributed by atoms with Crippen LogP contribution in [0.15, 0.2) is 51.8 Å². The Morgan fingerprint density at radius 3 is 2.60 bits per heavy atom. The molecular formula is C25H31BrN4O3S2. The van der Waals surface area contributed by atoms with Gasteiger partial charge in [0.2, 0.25) is 10.0 Å². The van der Waals surface area contributed by atoms with E-state index in [0.717, 1.165) is 40.5 Å². The van der Waals surface area contributed by atoms with Crippen LogP contribution in [0.4, 0.5) is 5.13 Å². The van der Waals surface area contributed by atoms with Crippen LogP contribution in [0.5, 0.6) is 0 Å². The predicted octanol–water partition coefficient (Wildman–Crippen LogP) is 5.08. The third kappa shape index (κ3) is 6.11. The van der Waals surface area contributed by atoms with Crippen LogP contribution in [0.1, 0.15) is 36.5 Å². The van der Waals surface area contributed by atoms with Crippen molar-refractivity contribution in [3.05, 3.63) is 52.5 Å². The average molecular weight is 580 g/mol. The van der Waals surface area contributed by atoms with E-state index in [4.69, 9.17) is 4.98 Å². The molecule has 2 aromatic carbocycles. The number of anilines is 1. The number of fused-ring (bicyclic) bond motifs is 1. The van der Waals surface area contributed by atoms with Crippen LogP contribution in [-0.2, 0) is 10.0 Å². The van der Waals surface area contributed by atoms with E-state index in [1.807, 2.05) is 32.3 Å². The van der Waals surface area contributed by atoms with E-state index in [2.05, 4.69) is 27.8 Å². The van der Waals surface area contributed by atoms with E-state index in [1.54, 1.807) is 33.5 Å². The highest BCUT2D eigenvalue weighted by Gasteiger charge is 2.29. The number of aromatic nitrogens is 1. The monoisotopic (exact) mass is 578 g/mol. The minimum absolute atomic E-state index is 0.183. The summed E-state index contributed by atoms with van der Waals surface area (Å²) in [6, 6.07) is 12.2. The number of hydrogen-bond acceptors (Lipinski definition) is 6. The molecular weight excluding hydrogens is 548 g/mol. The predicted molar refractivity (Wildman–Crippen MR) is 146 cm³/mol. The molecule has 0 radical (unpaired) electrons. The van der Waals surface area contributed by atoms with Crippen LogP contribution in [0.2, 0.25) is 0 Å². The van der Waals surface area contributed by atoms with Crippen molar-refractivity contribution >= 4 is 58.5 Å². The van der Waals surface area contributed by atoms with Crippen LogP contribution in [0.3, 0.4) is 0 Å². The summed E-state index contributed by atoms with van der Waals surface area (Å²) in [7, 11) is 0.440. The number of piperidine rings is 1. The Balaban J connectivity index is 1.59. The summed E-state index contributed by atoms with van der Waals surface area (Å²) in [4.78, 5) is 22.3. The molecule has 4 rings (SSSR count). The maximum Gasteiger partial charge on any atom is 0.260 e. The van der Waals surface area contributed by atoms with E-state index in [-0.39, 0.29) is 10.8 Å². The SMILES string of the molecule is CC1CCCN(S(=O)(=O)c2ccc(C(=O)N(CCCN(C)C)c3nc4ccc(Br)cc4s3)cc2)C1. The van der Waals surface area contributed by atoms with Gasteiger partial charge in [-0.3, -0.25) is 9.69 Å². The standard InChI is InChI=1S/C25H31BrN4O3S2/c1-18-6-4-14-29(17-18)35(32,33)21-10-7-19(8-11-21)24(31)30(15-5-13-28(2)3)25-27-22-12-9-20(26)16-23(22)34-25/h7-12,16,18H,4-6,13-15,17H2,1-3H3. The zero-order chi connectivity index (χ0) is 25.2. The topological polar surface area (TPSA) is 73.8 Å². The van der Waals surface area contributed by atoms with Gasteiger partial charge in [-0.15, -0.1) is 0 Å². The minimum Gasteiger partial charge on any atom is -0.309 e. The Labute approximate surface area is 219 Å². The molecule has 35 heavy (non-hydrogen) atoms. The number of rotatable bonds is 8. The zero-order valence-corrected chi connectivity index (χ0v) is 23.5. The number of amides is 1. The average Bonchev–Trinajstić information content (AvgIpc) is 3.24. The van der Waals surface area contributed by atoms with Gasteiger partial charge in [0, 0.05) is 29.7 Å². The fourth-order valence-electron chi connectivity index (χ4n) is 4.27. The lowest BCUT2D eigenvalue weighted by Gasteiger charge is -2.30. The number of carbonyl (C=O) groups excluding carboxylic acids is 1. The minimum atomic E-state index is -3.57. The normalized spacial score (nSPS) is 17.2.